The van der Waals surface area contributed by atoms with Crippen molar-refractivity contribution in [3.63, 3.8) is 0 Å². The van der Waals surface area contributed by atoms with E-state index in [1.54, 1.807) is 72.8 Å². The van der Waals surface area contributed by atoms with Crippen molar-refractivity contribution in [2.45, 2.75) is 4.90 Å². The molecule has 0 bridgehead atoms. The molecule has 1 amide bonds. The maximum atomic E-state index is 13.2. The number of amides is 1. The number of carbonyl (C=O) groups is 1. The van der Waals surface area contributed by atoms with Gasteiger partial charge in [-0.05, 0) is 65.2 Å². The van der Waals surface area contributed by atoms with E-state index in [4.69, 9.17) is 5.73 Å². The molecular weight excluding hydrogens is 512 g/mol. The van der Waals surface area contributed by atoms with Crippen LogP contribution in [0.1, 0.15) is 5.56 Å². The van der Waals surface area contributed by atoms with E-state index in [-0.39, 0.29) is 4.90 Å². The summed E-state index contributed by atoms with van der Waals surface area (Å²) < 4.78 is 52.7. The van der Waals surface area contributed by atoms with Gasteiger partial charge >= 0.3 is 0 Å². The Hall–Kier alpha value is -4.35. The molecule has 0 atom stereocenters. The number of nitrogens with one attached hydrogen (secondary N) is 2. The van der Waals surface area contributed by atoms with Gasteiger partial charge in [0.2, 0.25) is 15.9 Å². The summed E-state index contributed by atoms with van der Waals surface area (Å²) in [6.45, 7) is 0. The van der Waals surface area contributed by atoms with Crippen LogP contribution in [-0.4, -0.2) is 33.0 Å². The van der Waals surface area contributed by atoms with Crippen molar-refractivity contribution in [2.24, 2.45) is 0 Å². The summed E-state index contributed by atoms with van der Waals surface area (Å²) in [4.78, 5) is 12.3. The summed E-state index contributed by atoms with van der Waals surface area (Å²) in [5, 5.41) is 2.67. The minimum Gasteiger partial charge on any atom is -0.397 e. The number of nitrogen functional groups attached to an aromatic ring is 1. The molecule has 0 saturated heterocycles. The summed E-state index contributed by atoms with van der Waals surface area (Å²) in [5.41, 5.74) is 9.04. The molecule has 37 heavy (non-hydrogen) atoms. The molecule has 0 fully saturated rings. The van der Waals surface area contributed by atoms with Gasteiger partial charge in [0.25, 0.3) is 10.0 Å². The zero-order chi connectivity index (χ0) is 26.6. The predicted octanol–water partition coefficient (Wildman–Crippen LogP) is 4.00. The number of benzene rings is 3. The van der Waals surface area contributed by atoms with E-state index in [0.717, 1.165) is 15.8 Å². The Bertz CT molecular complexity index is 1690. The fourth-order valence-corrected chi connectivity index (χ4v) is 5.32. The molecular formula is C26H24N4O5S2. The topological polar surface area (TPSA) is 140 Å². The first kappa shape index (κ1) is 25.7. The van der Waals surface area contributed by atoms with Crippen molar-refractivity contribution in [1.82, 2.24) is 3.97 Å². The van der Waals surface area contributed by atoms with Crippen LogP contribution < -0.4 is 15.8 Å². The molecule has 11 heteroatoms. The van der Waals surface area contributed by atoms with Gasteiger partial charge in [0.05, 0.1) is 22.5 Å². The molecule has 4 N–H and O–H groups in total. The number of aromatic nitrogens is 1. The third kappa shape index (κ3) is 6.46. The number of anilines is 3. The lowest BCUT2D eigenvalue weighted by Gasteiger charge is -2.09. The largest absolute Gasteiger partial charge is 0.397 e. The quantitative estimate of drug-likeness (QED) is 0.230. The minimum absolute atomic E-state index is 0.0757. The Kier molecular flexibility index (Phi) is 7.18. The smallest absolute Gasteiger partial charge is 0.267 e. The van der Waals surface area contributed by atoms with Gasteiger partial charge in [-0.1, -0.05) is 36.4 Å². The molecule has 0 unspecified atom stereocenters. The first-order valence-electron chi connectivity index (χ1n) is 11.0. The molecule has 0 spiro atoms. The van der Waals surface area contributed by atoms with Crippen molar-refractivity contribution >= 4 is 49.1 Å². The van der Waals surface area contributed by atoms with Gasteiger partial charge in [-0.25, -0.2) is 20.8 Å². The molecule has 0 aliphatic rings. The van der Waals surface area contributed by atoms with Gasteiger partial charge in [-0.15, -0.1) is 0 Å². The third-order valence-electron chi connectivity index (χ3n) is 5.27. The van der Waals surface area contributed by atoms with Gasteiger partial charge in [-0.3, -0.25) is 9.52 Å². The van der Waals surface area contributed by atoms with Crippen LogP contribution in [0.2, 0.25) is 0 Å². The maximum Gasteiger partial charge on any atom is 0.267 e. The van der Waals surface area contributed by atoms with Crippen LogP contribution in [0.5, 0.6) is 0 Å². The van der Waals surface area contributed by atoms with Gasteiger partial charge in [-0.2, -0.15) is 0 Å². The molecule has 0 radical (unpaired) electrons. The molecule has 0 saturated carbocycles. The molecule has 0 aliphatic heterocycles. The standard InChI is InChI=1S/C26H24N4O5S2/c1-36(32,33)29-22-12-10-20(11-13-22)21-5-4-6-23(17-21)37(34,35)30-16-15-19(18-30)9-14-26(31)28-25-8-3-2-7-24(25)27/h2-18,29H,27H2,1H3,(H,28,31). The Morgan fingerprint density at radius 2 is 1.62 bits per heavy atom. The lowest BCUT2D eigenvalue weighted by atomic mass is 10.1. The number of para-hydroxylation sites is 2. The minimum atomic E-state index is -3.90. The molecule has 1 aromatic heterocycles. The summed E-state index contributed by atoms with van der Waals surface area (Å²) in [6.07, 6.45) is 6.67. The van der Waals surface area contributed by atoms with Gasteiger partial charge in [0, 0.05) is 24.2 Å². The maximum absolute atomic E-state index is 13.2. The second-order valence-electron chi connectivity index (χ2n) is 8.17. The monoisotopic (exact) mass is 536 g/mol. The van der Waals surface area contributed by atoms with Gasteiger partial charge in [0.15, 0.2) is 0 Å². The highest BCUT2D eigenvalue weighted by Crippen LogP contribution is 2.26. The average Bonchev–Trinajstić information content (AvgIpc) is 3.34. The van der Waals surface area contributed by atoms with Crippen LogP contribution in [0, 0.1) is 0 Å². The zero-order valence-electron chi connectivity index (χ0n) is 19.7. The Labute approximate surface area is 215 Å². The zero-order valence-corrected chi connectivity index (χ0v) is 21.3. The Morgan fingerprint density at radius 3 is 2.32 bits per heavy atom. The number of hydrogen-bond donors (Lipinski definition) is 3. The van der Waals surface area contributed by atoms with Crippen LogP contribution in [0.25, 0.3) is 17.2 Å². The van der Waals surface area contributed by atoms with Gasteiger partial charge in [0.1, 0.15) is 0 Å². The molecule has 1 heterocycles. The number of carbonyl (C=O) groups excluding carboxylic acids is 1. The second kappa shape index (κ2) is 10.3. The molecule has 4 aromatic rings. The van der Waals surface area contributed by atoms with Crippen LogP contribution in [0.3, 0.4) is 0 Å². The Balaban J connectivity index is 1.50. The van der Waals surface area contributed by atoms with Crippen molar-refractivity contribution < 1.29 is 21.6 Å². The highest BCUT2D eigenvalue weighted by molar-refractivity contribution is 7.92. The fourth-order valence-electron chi connectivity index (χ4n) is 3.50. The number of hydrogen-bond acceptors (Lipinski definition) is 6. The fraction of sp³-hybridized carbons (Fsp3) is 0.0385. The summed E-state index contributed by atoms with van der Waals surface area (Å²) >= 11 is 0. The number of rotatable bonds is 8. The third-order valence-corrected chi connectivity index (χ3v) is 7.51. The predicted molar refractivity (Wildman–Crippen MR) is 146 cm³/mol. The second-order valence-corrected chi connectivity index (χ2v) is 11.8. The first-order chi connectivity index (χ1) is 17.5. The van der Waals surface area contributed by atoms with E-state index in [0.29, 0.717) is 28.2 Å². The van der Waals surface area contributed by atoms with E-state index in [9.17, 15) is 21.6 Å². The Morgan fingerprint density at radius 1 is 0.892 bits per heavy atom. The van der Waals surface area contributed by atoms with E-state index in [1.165, 1.54) is 30.6 Å². The number of sulfonamides is 1. The lowest BCUT2D eigenvalue weighted by molar-refractivity contribution is -0.111. The molecule has 0 aliphatic carbocycles. The molecule has 9 nitrogen and oxygen atoms in total. The number of nitrogens with two attached hydrogens (primary N) is 1. The molecule has 3 aromatic carbocycles. The molecule has 4 rings (SSSR count). The van der Waals surface area contributed by atoms with Gasteiger partial charge < -0.3 is 11.1 Å². The van der Waals surface area contributed by atoms with Crippen LogP contribution in [-0.2, 0) is 24.8 Å². The highest BCUT2D eigenvalue weighted by atomic mass is 32.2. The lowest BCUT2D eigenvalue weighted by Crippen LogP contribution is -2.11. The van der Waals surface area contributed by atoms with E-state index in [1.807, 2.05) is 0 Å². The van der Waals surface area contributed by atoms with Crippen molar-refractivity contribution in [1.29, 1.82) is 0 Å². The van der Waals surface area contributed by atoms with Crippen LogP contribution in [0.4, 0.5) is 17.1 Å². The van der Waals surface area contributed by atoms with E-state index in [2.05, 4.69) is 10.0 Å². The van der Waals surface area contributed by atoms with Crippen molar-refractivity contribution in [3.8, 4) is 11.1 Å². The average molecular weight is 537 g/mol. The van der Waals surface area contributed by atoms with Crippen LogP contribution >= 0.6 is 0 Å². The van der Waals surface area contributed by atoms with E-state index < -0.39 is 26.0 Å². The molecule has 190 valence electrons. The van der Waals surface area contributed by atoms with E-state index >= 15 is 0 Å². The summed E-state index contributed by atoms with van der Waals surface area (Å²) in [6, 6.07) is 21.5. The summed E-state index contributed by atoms with van der Waals surface area (Å²) in [7, 11) is -7.30. The van der Waals surface area contributed by atoms with Crippen LogP contribution in [0.15, 0.2) is 102 Å². The normalized spacial score (nSPS) is 11.9. The van der Waals surface area contributed by atoms with Crippen molar-refractivity contribution in [3.05, 3.63) is 103 Å². The van der Waals surface area contributed by atoms with Crippen molar-refractivity contribution in [2.75, 3.05) is 22.0 Å². The first-order valence-corrected chi connectivity index (χ1v) is 14.3. The SMILES string of the molecule is CS(=O)(=O)Nc1ccc(-c2cccc(S(=O)(=O)n3ccc(C=CC(=O)Nc4ccccc4N)c3)c2)cc1. The summed E-state index contributed by atoms with van der Waals surface area (Å²) in [5.74, 6) is -0.404. The highest BCUT2D eigenvalue weighted by Gasteiger charge is 2.17. The number of nitrogens with zero attached hydrogens (tertiary/aromatic N) is 1.